The Balaban J connectivity index is 1.41. The second kappa shape index (κ2) is 7.99. The molecule has 2 aliphatic rings. The minimum atomic E-state index is -1.02. The Bertz CT molecular complexity index is 1260. The van der Waals surface area contributed by atoms with Crippen LogP contribution in [0.3, 0.4) is 0 Å². The third-order valence-electron chi connectivity index (χ3n) is 7.09. The van der Waals surface area contributed by atoms with E-state index in [1.165, 1.54) is 0 Å². The highest BCUT2D eigenvalue weighted by molar-refractivity contribution is 7.10. The van der Waals surface area contributed by atoms with Gasteiger partial charge in [0.15, 0.2) is 5.78 Å². The van der Waals surface area contributed by atoms with Crippen molar-refractivity contribution in [2.45, 2.75) is 51.6 Å². The minimum absolute atomic E-state index is 0.0620. The number of aryl methyl sites for hydroxylation is 2. The number of amides is 3. The molecule has 2 aromatic heterocycles. The van der Waals surface area contributed by atoms with E-state index in [0.29, 0.717) is 12.0 Å². The molecule has 1 spiro atoms. The van der Waals surface area contributed by atoms with Gasteiger partial charge in [-0.05, 0) is 63.1 Å². The van der Waals surface area contributed by atoms with Gasteiger partial charge in [0.1, 0.15) is 5.54 Å². The van der Waals surface area contributed by atoms with Crippen LogP contribution in [0.15, 0.2) is 47.8 Å². The molecule has 1 aliphatic heterocycles. The van der Waals surface area contributed by atoms with E-state index in [1.807, 2.05) is 49.6 Å². The third kappa shape index (κ3) is 3.33. The van der Waals surface area contributed by atoms with Gasteiger partial charge in [-0.25, -0.2) is 4.79 Å². The Hall–Kier alpha value is -3.19. The number of nitrogens with one attached hydrogen (secondary N) is 1. The number of hydrogen-bond donors (Lipinski definition) is 1. The van der Waals surface area contributed by atoms with Gasteiger partial charge in [-0.3, -0.25) is 14.5 Å². The molecule has 0 bridgehead atoms. The van der Waals surface area contributed by atoms with Gasteiger partial charge >= 0.3 is 6.03 Å². The topological polar surface area (TPSA) is 71.4 Å². The maximum atomic E-state index is 13.5. The van der Waals surface area contributed by atoms with Crippen molar-refractivity contribution in [1.29, 1.82) is 0 Å². The number of Topliss-reactive ketones (excluding diaryl/α,β-unsaturated/α-hetero) is 1. The maximum Gasteiger partial charge on any atom is 0.325 e. The van der Waals surface area contributed by atoms with E-state index in [0.717, 1.165) is 45.1 Å². The first-order chi connectivity index (χ1) is 15.8. The van der Waals surface area contributed by atoms with Gasteiger partial charge < -0.3 is 9.88 Å². The highest BCUT2D eigenvalue weighted by atomic mass is 32.1. The zero-order valence-electron chi connectivity index (χ0n) is 19.1. The number of carbonyl (C=O) groups is 3. The van der Waals surface area contributed by atoms with Crippen LogP contribution in [0.5, 0.6) is 0 Å². The molecule has 7 heteroatoms. The van der Waals surface area contributed by atoms with Gasteiger partial charge in [0, 0.05) is 27.4 Å². The van der Waals surface area contributed by atoms with Crippen LogP contribution in [-0.4, -0.2) is 33.7 Å². The van der Waals surface area contributed by atoms with E-state index in [4.69, 9.17) is 0 Å². The first-order valence-electron chi connectivity index (χ1n) is 11.3. The molecule has 2 atom stereocenters. The number of benzene rings is 1. The molecule has 0 saturated carbocycles. The number of carbonyl (C=O) groups excluding carboxylic acids is 3. The minimum Gasteiger partial charge on any atom is -0.341 e. The lowest BCUT2D eigenvalue weighted by molar-refractivity contribution is -0.131. The van der Waals surface area contributed by atoms with Gasteiger partial charge in [-0.15, -0.1) is 11.3 Å². The van der Waals surface area contributed by atoms with Crippen molar-refractivity contribution in [3.05, 3.63) is 80.8 Å². The highest BCUT2D eigenvalue weighted by Gasteiger charge is 2.54. The average Bonchev–Trinajstić information content (AvgIpc) is 3.47. The number of urea groups is 1. The van der Waals surface area contributed by atoms with Crippen molar-refractivity contribution >= 4 is 29.1 Å². The van der Waals surface area contributed by atoms with E-state index < -0.39 is 11.6 Å². The van der Waals surface area contributed by atoms with Gasteiger partial charge in [0.25, 0.3) is 5.91 Å². The molecular weight excluding hydrogens is 434 g/mol. The monoisotopic (exact) mass is 461 g/mol. The average molecular weight is 462 g/mol. The molecule has 0 radical (unpaired) electrons. The number of fused-ring (bicyclic) bond motifs is 2. The number of rotatable bonds is 5. The normalized spacial score (nSPS) is 20.8. The molecule has 170 valence electrons. The molecule has 0 unspecified atom stereocenters. The van der Waals surface area contributed by atoms with Crippen LogP contribution in [0.1, 0.15) is 63.6 Å². The molecule has 1 aliphatic carbocycles. The quantitative estimate of drug-likeness (QED) is 0.441. The summed E-state index contributed by atoms with van der Waals surface area (Å²) in [6.45, 7) is 5.75. The van der Waals surface area contributed by atoms with Crippen molar-refractivity contribution < 1.29 is 14.4 Å². The first kappa shape index (κ1) is 21.6. The molecule has 3 heterocycles. The summed E-state index contributed by atoms with van der Waals surface area (Å²) in [4.78, 5) is 41.9. The van der Waals surface area contributed by atoms with Crippen LogP contribution in [0.2, 0.25) is 0 Å². The summed E-state index contributed by atoms with van der Waals surface area (Å²) >= 11 is 1.62. The van der Waals surface area contributed by atoms with Gasteiger partial charge in [0.2, 0.25) is 0 Å². The lowest BCUT2D eigenvalue weighted by Crippen LogP contribution is -2.46. The number of thiophene rings is 1. The molecule has 33 heavy (non-hydrogen) atoms. The van der Waals surface area contributed by atoms with Crippen LogP contribution in [0.4, 0.5) is 4.79 Å². The van der Waals surface area contributed by atoms with Crippen LogP contribution >= 0.6 is 11.3 Å². The zero-order valence-corrected chi connectivity index (χ0v) is 19.9. The van der Waals surface area contributed by atoms with Crippen molar-refractivity contribution in [3.8, 4) is 0 Å². The molecule has 1 N–H and O–H groups in total. The predicted molar refractivity (Wildman–Crippen MR) is 128 cm³/mol. The smallest absolute Gasteiger partial charge is 0.325 e. The third-order valence-corrected chi connectivity index (χ3v) is 8.07. The lowest BCUT2D eigenvalue weighted by atomic mass is 9.80. The summed E-state index contributed by atoms with van der Waals surface area (Å²) < 4.78 is 2.13. The Labute approximate surface area is 197 Å². The number of nitrogens with zero attached hydrogens (tertiary/aromatic N) is 2. The molecule has 3 aromatic rings. The van der Waals surface area contributed by atoms with Crippen molar-refractivity contribution in [2.75, 3.05) is 6.54 Å². The SMILES string of the molecule is Cc1cc(C(=O)CN2C(=O)N[C@]3(CCCc4sccc43)C2=O)c(C)n1[C@H](C)c1ccccc1. The summed E-state index contributed by atoms with van der Waals surface area (Å²) in [6, 6.07) is 13.5. The summed E-state index contributed by atoms with van der Waals surface area (Å²) in [5.74, 6) is -0.539. The number of hydrogen-bond acceptors (Lipinski definition) is 4. The number of aromatic nitrogens is 1. The lowest BCUT2D eigenvalue weighted by Gasteiger charge is -2.31. The van der Waals surface area contributed by atoms with Crippen LogP contribution < -0.4 is 5.32 Å². The standard InChI is InChI=1S/C26H27N3O3S/c1-16-14-20(18(3)29(16)17(2)19-8-5-4-6-9-19)22(30)15-28-24(31)26(27-25(28)32)12-7-10-23-21(26)11-13-33-23/h4-6,8-9,11,13-14,17H,7,10,12,15H2,1-3H3,(H,27,32)/t17-,26+/m1/s1. The molecule has 6 nitrogen and oxygen atoms in total. The Morgan fingerprint density at radius 3 is 2.70 bits per heavy atom. The van der Waals surface area contributed by atoms with E-state index >= 15 is 0 Å². The Kier molecular flexibility index (Phi) is 5.24. The van der Waals surface area contributed by atoms with Crippen molar-refractivity contribution in [1.82, 2.24) is 14.8 Å². The van der Waals surface area contributed by atoms with E-state index in [9.17, 15) is 14.4 Å². The second-order valence-electron chi connectivity index (χ2n) is 9.00. The van der Waals surface area contributed by atoms with Crippen LogP contribution in [-0.2, 0) is 16.8 Å². The fraction of sp³-hybridized carbons (Fsp3) is 0.346. The summed E-state index contributed by atoms with van der Waals surface area (Å²) in [5.41, 5.74) is 3.38. The summed E-state index contributed by atoms with van der Waals surface area (Å²) in [6.07, 6.45) is 2.32. The molecular formula is C26H27N3O3S. The van der Waals surface area contributed by atoms with E-state index in [1.54, 1.807) is 11.3 Å². The molecule has 1 saturated heterocycles. The summed E-state index contributed by atoms with van der Waals surface area (Å²) in [5, 5.41) is 4.89. The summed E-state index contributed by atoms with van der Waals surface area (Å²) in [7, 11) is 0. The molecule has 5 rings (SSSR count). The number of imide groups is 1. The van der Waals surface area contributed by atoms with Crippen LogP contribution in [0.25, 0.3) is 0 Å². The van der Waals surface area contributed by atoms with Crippen molar-refractivity contribution in [2.24, 2.45) is 0 Å². The fourth-order valence-electron chi connectivity index (χ4n) is 5.45. The Morgan fingerprint density at radius 1 is 1.18 bits per heavy atom. The molecule has 1 fully saturated rings. The largest absolute Gasteiger partial charge is 0.341 e. The Morgan fingerprint density at radius 2 is 1.94 bits per heavy atom. The van der Waals surface area contributed by atoms with E-state index in [-0.39, 0.29) is 24.3 Å². The van der Waals surface area contributed by atoms with Crippen LogP contribution in [0, 0.1) is 13.8 Å². The second-order valence-corrected chi connectivity index (χ2v) is 10.0. The first-order valence-corrected chi connectivity index (χ1v) is 12.2. The highest BCUT2D eigenvalue weighted by Crippen LogP contribution is 2.42. The fourth-order valence-corrected chi connectivity index (χ4v) is 6.45. The van der Waals surface area contributed by atoms with Gasteiger partial charge in [0.05, 0.1) is 12.6 Å². The van der Waals surface area contributed by atoms with E-state index in [2.05, 4.69) is 28.9 Å². The maximum absolute atomic E-state index is 13.5. The van der Waals surface area contributed by atoms with Crippen molar-refractivity contribution in [3.63, 3.8) is 0 Å². The zero-order chi connectivity index (χ0) is 23.3. The van der Waals surface area contributed by atoms with Gasteiger partial charge in [-0.2, -0.15) is 0 Å². The van der Waals surface area contributed by atoms with Gasteiger partial charge in [-0.1, -0.05) is 30.3 Å². The predicted octanol–water partition coefficient (Wildman–Crippen LogP) is 4.74. The molecule has 3 amide bonds. The molecule has 1 aromatic carbocycles. The number of ketones is 1.